The first kappa shape index (κ1) is 12.5. The van der Waals surface area contributed by atoms with E-state index in [9.17, 15) is 13.2 Å². The number of benzene rings is 1. The summed E-state index contributed by atoms with van der Waals surface area (Å²) >= 11 is 5.76. The van der Waals surface area contributed by atoms with Crippen LogP contribution in [0.2, 0.25) is 5.02 Å². The maximum Gasteiger partial charge on any atom is 0.422 e. The number of rotatable bonds is 3. The van der Waals surface area contributed by atoms with Gasteiger partial charge < -0.3 is 10.5 Å². The maximum absolute atomic E-state index is 12.0. The van der Waals surface area contributed by atoms with E-state index in [0.717, 1.165) is 18.4 Å². The van der Waals surface area contributed by atoms with E-state index in [1.54, 1.807) is 6.07 Å². The van der Waals surface area contributed by atoms with Crippen LogP contribution in [0.3, 0.4) is 0 Å². The SMILES string of the molecule is NC1(c2ccc(Cl)c(OCC(F)(F)F)c2)CC1. The minimum absolute atomic E-state index is 0.0261. The molecule has 94 valence electrons. The van der Waals surface area contributed by atoms with E-state index in [4.69, 9.17) is 17.3 Å². The fraction of sp³-hybridized carbons (Fsp3) is 0.455. The van der Waals surface area contributed by atoms with Crippen molar-refractivity contribution >= 4 is 11.6 Å². The summed E-state index contributed by atoms with van der Waals surface area (Å²) in [6.07, 6.45) is -2.72. The van der Waals surface area contributed by atoms with E-state index in [-0.39, 0.29) is 10.8 Å². The number of hydrogen-bond donors (Lipinski definition) is 1. The average Bonchev–Trinajstić information content (AvgIpc) is 2.95. The highest BCUT2D eigenvalue weighted by Crippen LogP contribution is 2.44. The normalized spacial score (nSPS) is 17.9. The third-order valence-electron chi connectivity index (χ3n) is 2.69. The molecule has 0 atom stereocenters. The summed E-state index contributed by atoms with van der Waals surface area (Å²) in [5.41, 5.74) is 6.30. The van der Waals surface area contributed by atoms with Gasteiger partial charge in [-0.05, 0) is 30.5 Å². The van der Waals surface area contributed by atoms with Gasteiger partial charge in [-0.15, -0.1) is 0 Å². The molecule has 0 spiro atoms. The van der Waals surface area contributed by atoms with Gasteiger partial charge in [0.25, 0.3) is 0 Å². The lowest BCUT2D eigenvalue weighted by atomic mass is 10.1. The highest BCUT2D eigenvalue weighted by molar-refractivity contribution is 6.32. The van der Waals surface area contributed by atoms with Crippen molar-refractivity contribution in [3.63, 3.8) is 0 Å². The van der Waals surface area contributed by atoms with Crippen molar-refractivity contribution in [1.29, 1.82) is 0 Å². The Bertz CT molecular complexity index is 429. The Morgan fingerprint density at radius 3 is 2.53 bits per heavy atom. The van der Waals surface area contributed by atoms with Crippen LogP contribution in [0.1, 0.15) is 18.4 Å². The first-order valence-corrected chi connectivity index (χ1v) is 5.46. The van der Waals surface area contributed by atoms with E-state index in [2.05, 4.69) is 4.74 Å². The van der Waals surface area contributed by atoms with Crippen molar-refractivity contribution in [2.45, 2.75) is 24.6 Å². The summed E-state index contributed by atoms with van der Waals surface area (Å²) < 4.78 is 40.7. The molecule has 1 saturated carbocycles. The molecule has 1 fully saturated rings. The molecule has 0 aromatic heterocycles. The van der Waals surface area contributed by atoms with Gasteiger partial charge in [-0.3, -0.25) is 0 Å². The van der Waals surface area contributed by atoms with E-state index >= 15 is 0 Å². The highest BCUT2D eigenvalue weighted by Gasteiger charge is 2.40. The molecule has 0 unspecified atom stereocenters. The molecular weight excluding hydrogens is 255 g/mol. The zero-order valence-corrected chi connectivity index (χ0v) is 9.61. The van der Waals surface area contributed by atoms with Gasteiger partial charge >= 0.3 is 6.18 Å². The van der Waals surface area contributed by atoms with Gasteiger partial charge in [0, 0.05) is 5.54 Å². The lowest BCUT2D eigenvalue weighted by Gasteiger charge is -2.14. The Morgan fingerprint density at radius 2 is 2.00 bits per heavy atom. The quantitative estimate of drug-likeness (QED) is 0.911. The van der Waals surface area contributed by atoms with Gasteiger partial charge in [-0.2, -0.15) is 13.2 Å². The first-order valence-electron chi connectivity index (χ1n) is 5.09. The molecule has 2 N–H and O–H groups in total. The molecule has 0 aliphatic heterocycles. The molecule has 1 aromatic carbocycles. The van der Waals surface area contributed by atoms with E-state index in [0.29, 0.717) is 0 Å². The topological polar surface area (TPSA) is 35.2 Å². The molecule has 2 rings (SSSR count). The second-order valence-electron chi connectivity index (χ2n) is 4.21. The number of hydrogen-bond acceptors (Lipinski definition) is 2. The summed E-state index contributed by atoms with van der Waals surface area (Å²) in [5.74, 6) is 0.0261. The largest absolute Gasteiger partial charge is 0.483 e. The van der Waals surface area contributed by atoms with Crippen molar-refractivity contribution in [3.8, 4) is 5.75 Å². The Labute approximate surface area is 102 Å². The molecule has 2 nitrogen and oxygen atoms in total. The van der Waals surface area contributed by atoms with Gasteiger partial charge in [0.2, 0.25) is 0 Å². The van der Waals surface area contributed by atoms with Crippen LogP contribution < -0.4 is 10.5 Å². The zero-order chi connectivity index (χ0) is 12.7. The Hall–Kier alpha value is -0.940. The van der Waals surface area contributed by atoms with Crippen molar-refractivity contribution in [3.05, 3.63) is 28.8 Å². The third-order valence-corrected chi connectivity index (χ3v) is 3.00. The molecular formula is C11H11ClF3NO. The molecule has 1 aromatic rings. The Balaban J connectivity index is 2.15. The van der Waals surface area contributed by atoms with Crippen molar-refractivity contribution in [1.82, 2.24) is 0 Å². The smallest absolute Gasteiger partial charge is 0.422 e. The van der Waals surface area contributed by atoms with Crippen LogP contribution >= 0.6 is 11.6 Å². The van der Waals surface area contributed by atoms with Crippen molar-refractivity contribution in [2.75, 3.05) is 6.61 Å². The number of alkyl halides is 3. The van der Waals surface area contributed by atoms with E-state index in [1.807, 2.05) is 0 Å². The molecule has 1 aliphatic rings. The van der Waals surface area contributed by atoms with Crippen LogP contribution in [0, 0.1) is 0 Å². The Kier molecular flexibility index (Phi) is 2.99. The van der Waals surface area contributed by atoms with Gasteiger partial charge in [0.1, 0.15) is 5.75 Å². The molecule has 0 amide bonds. The van der Waals surface area contributed by atoms with Crippen LogP contribution in [0.15, 0.2) is 18.2 Å². The van der Waals surface area contributed by atoms with Gasteiger partial charge in [0.05, 0.1) is 5.02 Å². The van der Waals surface area contributed by atoms with Gasteiger partial charge in [-0.25, -0.2) is 0 Å². The summed E-state index contributed by atoms with van der Waals surface area (Å²) in [4.78, 5) is 0. The van der Waals surface area contributed by atoms with E-state index < -0.39 is 18.3 Å². The number of halogens is 4. The highest BCUT2D eigenvalue weighted by atomic mass is 35.5. The molecule has 0 bridgehead atoms. The van der Waals surface area contributed by atoms with Crippen LogP contribution in [-0.4, -0.2) is 12.8 Å². The minimum atomic E-state index is -4.38. The van der Waals surface area contributed by atoms with Crippen LogP contribution in [0.25, 0.3) is 0 Å². The first-order chi connectivity index (χ1) is 7.80. The lowest BCUT2D eigenvalue weighted by molar-refractivity contribution is -0.153. The van der Waals surface area contributed by atoms with Gasteiger partial charge in [-0.1, -0.05) is 17.7 Å². The van der Waals surface area contributed by atoms with Crippen LogP contribution in [-0.2, 0) is 5.54 Å². The predicted octanol–water partition coefficient (Wildman–Crippen LogP) is 3.23. The lowest BCUT2D eigenvalue weighted by Crippen LogP contribution is -2.21. The number of ether oxygens (including phenoxy) is 1. The third kappa shape index (κ3) is 3.04. The molecule has 6 heteroatoms. The second kappa shape index (κ2) is 4.07. The molecule has 0 radical (unpaired) electrons. The zero-order valence-electron chi connectivity index (χ0n) is 8.85. The van der Waals surface area contributed by atoms with E-state index in [1.165, 1.54) is 12.1 Å². The molecule has 0 heterocycles. The summed E-state index contributed by atoms with van der Waals surface area (Å²) in [6, 6.07) is 4.71. The fourth-order valence-corrected chi connectivity index (χ4v) is 1.68. The monoisotopic (exact) mass is 265 g/mol. The fourth-order valence-electron chi connectivity index (χ4n) is 1.51. The minimum Gasteiger partial charge on any atom is -0.483 e. The molecule has 1 aliphatic carbocycles. The number of nitrogens with two attached hydrogens (primary N) is 1. The summed E-state index contributed by atoms with van der Waals surface area (Å²) in [6.45, 7) is -1.35. The second-order valence-corrected chi connectivity index (χ2v) is 4.61. The summed E-state index contributed by atoms with van der Waals surface area (Å²) in [7, 11) is 0. The van der Waals surface area contributed by atoms with Crippen LogP contribution in [0.5, 0.6) is 5.75 Å². The predicted molar refractivity (Wildman–Crippen MR) is 58.1 cm³/mol. The van der Waals surface area contributed by atoms with Crippen LogP contribution in [0.4, 0.5) is 13.2 Å². The van der Waals surface area contributed by atoms with Gasteiger partial charge in [0.15, 0.2) is 6.61 Å². The molecule has 17 heavy (non-hydrogen) atoms. The molecule has 0 saturated heterocycles. The Morgan fingerprint density at radius 1 is 1.35 bits per heavy atom. The van der Waals surface area contributed by atoms with Crippen molar-refractivity contribution in [2.24, 2.45) is 5.73 Å². The maximum atomic E-state index is 12.0. The average molecular weight is 266 g/mol. The standard InChI is InChI=1S/C11H11ClF3NO/c12-8-2-1-7(10(16)3-4-10)5-9(8)17-6-11(13,14)15/h1-2,5H,3-4,6,16H2. The summed E-state index contributed by atoms with van der Waals surface area (Å²) in [5, 5.41) is 0.155. The van der Waals surface area contributed by atoms with Crippen molar-refractivity contribution < 1.29 is 17.9 Å².